The molecule has 0 unspecified atom stereocenters. The number of halogens is 4. The SMILES string of the molecule is NCc1cc(CCc2cccc(OCCC(F)F)c2)ccc1OC(F)F. The van der Waals surface area contributed by atoms with Gasteiger partial charge in [0.15, 0.2) is 0 Å². The maximum Gasteiger partial charge on any atom is 0.387 e. The van der Waals surface area contributed by atoms with Crippen LogP contribution in [0.5, 0.6) is 11.5 Å². The number of benzene rings is 2. The van der Waals surface area contributed by atoms with E-state index in [0.29, 0.717) is 24.2 Å². The number of ether oxygens (including phenoxy) is 2. The summed E-state index contributed by atoms with van der Waals surface area (Å²) in [4.78, 5) is 0. The molecule has 0 aliphatic carbocycles. The number of hydrogen-bond donors (Lipinski definition) is 1. The molecule has 0 amide bonds. The van der Waals surface area contributed by atoms with Gasteiger partial charge in [-0.15, -0.1) is 0 Å². The molecule has 0 aliphatic rings. The van der Waals surface area contributed by atoms with E-state index < -0.39 is 13.0 Å². The Hall–Kier alpha value is -2.28. The smallest absolute Gasteiger partial charge is 0.387 e. The van der Waals surface area contributed by atoms with Crippen LogP contribution in [-0.4, -0.2) is 19.6 Å². The van der Waals surface area contributed by atoms with Crippen LogP contribution in [0.15, 0.2) is 42.5 Å². The molecule has 0 heterocycles. The Morgan fingerprint density at radius 2 is 1.65 bits per heavy atom. The van der Waals surface area contributed by atoms with Crippen LogP contribution in [0.3, 0.4) is 0 Å². The highest BCUT2D eigenvalue weighted by Crippen LogP contribution is 2.23. The summed E-state index contributed by atoms with van der Waals surface area (Å²) in [6, 6.07) is 12.2. The lowest BCUT2D eigenvalue weighted by Crippen LogP contribution is -2.07. The van der Waals surface area contributed by atoms with Crippen LogP contribution in [0.2, 0.25) is 0 Å². The second kappa shape index (κ2) is 10.0. The molecule has 0 saturated heterocycles. The van der Waals surface area contributed by atoms with Gasteiger partial charge in [0.25, 0.3) is 0 Å². The molecule has 0 radical (unpaired) electrons. The maximum atomic E-state index is 12.4. The van der Waals surface area contributed by atoms with Crippen molar-refractivity contribution in [3.63, 3.8) is 0 Å². The summed E-state index contributed by atoms with van der Waals surface area (Å²) < 4.78 is 58.8. The molecule has 0 bridgehead atoms. The first-order valence-corrected chi connectivity index (χ1v) is 8.24. The van der Waals surface area contributed by atoms with Gasteiger partial charge in [-0.2, -0.15) is 8.78 Å². The normalized spacial score (nSPS) is 11.2. The highest BCUT2D eigenvalue weighted by Gasteiger charge is 2.10. The van der Waals surface area contributed by atoms with E-state index in [2.05, 4.69) is 4.74 Å². The molecule has 0 fully saturated rings. The molecule has 2 rings (SSSR count). The van der Waals surface area contributed by atoms with Crippen LogP contribution in [0.1, 0.15) is 23.1 Å². The zero-order chi connectivity index (χ0) is 18.9. The van der Waals surface area contributed by atoms with Crippen molar-refractivity contribution < 1.29 is 27.0 Å². The number of hydrogen-bond acceptors (Lipinski definition) is 3. The molecular formula is C19H21F4NO2. The molecular weight excluding hydrogens is 350 g/mol. The summed E-state index contributed by atoms with van der Waals surface area (Å²) >= 11 is 0. The number of alkyl halides is 4. The number of nitrogens with two attached hydrogens (primary N) is 1. The molecule has 0 spiro atoms. The van der Waals surface area contributed by atoms with Crippen LogP contribution in [0.25, 0.3) is 0 Å². The lowest BCUT2D eigenvalue weighted by atomic mass is 10.0. The fourth-order valence-corrected chi connectivity index (χ4v) is 2.50. The first kappa shape index (κ1) is 20.0. The van der Waals surface area contributed by atoms with Crippen LogP contribution in [0.4, 0.5) is 17.6 Å². The molecule has 7 heteroatoms. The van der Waals surface area contributed by atoms with Gasteiger partial charge >= 0.3 is 6.61 Å². The van der Waals surface area contributed by atoms with Gasteiger partial charge in [-0.25, -0.2) is 8.78 Å². The fourth-order valence-electron chi connectivity index (χ4n) is 2.50. The summed E-state index contributed by atoms with van der Waals surface area (Å²) in [5.74, 6) is 0.632. The molecule has 26 heavy (non-hydrogen) atoms. The highest BCUT2D eigenvalue weighted by atomic mass is 19.3. The van der Waals surface area contributed by atoms with Crippen LogP contribution >= 0.6 is 0 Å². The van der Waals surface area contributed by atoms with Gasteiger partial charge in [0.05, 0.1) is 6.61 Å². The Kier molecular flexibility index (Phi) is 7.72. The second-order valence-electron chi connectivity index (χ2n) is 5.70. The highest BCUT2D eigenvalue weighted by molar-refractivity contribution is 5.38. The summed E-state index contributed by atoms with van der Waals surface area (Å²) in [5, 5.41) is 0. The Balaban J connectivity index is 1.95. The van der Waals surface area contributed by atoms with Crippen molar-refractivity contribution in [1.82, 2.24) is 0 Å². The van der Waals surface area contributed by atoms with Crippen molar-refractivity contribution in [2.24, 2.45) is 5.73 Å². The first-order chi connectivity index (χ1) is 12.5. The zero-order valence-corrected chi connectivity index (χ0v) is 14.1. The minimum Gasteiger partial charge on any atom is -0.493 e. The van der Waals surface area contributed by atoms with E-state index in [9.17, 15) is 17.6 Å². The topological polar surface area (TPSA) is 44.5 Å². The van der Waals surface area contributed by atoms with E-state index in [-0.39, 0.29) is 25.3 Å². The van der Waals surface area contributed by atoms with Crippen molar-refractivity contribution in [2.75, 3.05) is 6.61 Å². The predicted molar refractivity (Wildman–Crippen MR) is 90.9 cm³/mol. The van der Waals surface area contributed by atoms with Gasteiger partial charge in [0.1, 0.15) is 11.5 Å². The monoisotopic (exact) mass is 371 g/mol. The molecule has 0 aliphatic heterocycles. The average molecular weight is 371 g/mol. The minimum atomic E-state index is -2.89. The summed E-state index contributed by atoms with van der Waals surface area (Å²) in [6.07, 6.45) is -1.33. The summed E-state index contributed by atoms with van der Waals surface area (Å²) in [5.41, 5.74) is 8.04. The van der Waals surface area contributed by atoms with Crippen molar-refractivity contribution in [2.45, 2.75) is 38.8 Å². The molecule has 0 aromatic heterocycles. The Morgan fingerprint density at radius 3 is 2.31 bits per heavy atom. The fraction of sp³-hybridized carbons (Fsp3) is 0.368. The van der Waals surface area contributed by atoms with Crippen molar-refractivity contribution in [3.05, 3.63) is 59.2 Å². The largest absolute Gasteiger partial charge is 0.493 e. The average Bonchev–Trinajstić information content (AvgIpc) is 2.60. The van der Waals surface area contributed by atoms with Gasteiger partial charge in [0, 0.05) is 18.5 Å². The standard InChI is InChI=1S/C19H21F4NO2/c20-18(21)8-9-25-16-3-1-2-13(11-16)4-5-14-6-7-17(26-19(22)23)15(10-14)12-24/h1-3,6-7,10-11,18-19H,4-5,8-9,12,24H2. The molecule has 0 atom stereocenters. The predicted octanol–water partition coefficient (Wildman–Crippen LogP) is 4.57. The van der Waals surface area contributed by atoms with Gasteiger partial charge in [-0.3, -0.25) is 0 Å². The van der Waals surface area contributed by atoms with E-state index in [1.807, 2.05) is 12.1 Å². The van der Waals surface area contributed by atoms with Gasteiger partial charge in [-0.05, 0) is 42.2 Å². The number of aryl methyl sites for hydroxylation is 2. The lowest BCUT2D eigenvalue weighted by Gasteiger charge is -2.12. The zero-order valence-electron chi connectivity index (χ0n) is 14.1. The van der Waals surface area contributed by atoms with E-state index in [4.69, 9.17) is 10.5 Å². The lowest BCUT2D eigenvalue weighted by molar-refractivity contribution is -0.0504. The molecule has 0 saturated carbocycles. The third kappa shape index (κ3) is 6.55. The quantitative estimate of drug-likeness (QED) is 0.623. The van der Waals surface area contributed by atoms with Gasteiger partial charge in [-0.1, -0.05) is 24.3 Å². The van der Waals surface area contributed by atoms with Gasteiger partial charge < -0.3 is 15.2 Å². The maximum absolute atomic E-state index is 12.4. The van der Waals surface area contributed by atoms with Crippen LogP contribution < -0.4 is 15.2 Å². The summed E-state index contributed by atoms with van der Waals surface area (Å²) in [7, 11) is 0. The Bertz CT molecular complexity index is 695. The number of rotatable bonds is 10. The molecule has 3 nitrogen and oxygen atoms in total. The first-order valence-electron chi connectivity index (χ1n) is 8.24. The molecule has 142 valence electrons. The van der Waals surface area contributed by atoms with Crippen molar-refractivity contribution >= 4 is 0 Å². The third-order valence-corrected chi connectivity index (χ3v) is 3.77. The van der Waals surface area contributed by atoms with Gasteiger partial charge in [0.2, 0.25) is 6.43 Å². The molecule has 2 N–H and O–H groups in total. The van der Waals surface area contributed by atoms with Crippen molar-refractivity contribution in [1.29, 1.82) is 0 Å². The second-order valence-corrected chi connectivity index (χ2v) is 5.70. The molecule has 2 aromatic carbocycles. The van der Waals surface area contributed by atoms with E-state index in [1.165, 1.54) is 6.07 Å². The third-order valence-electron chi connectivity index (χ3n) is 3.77. The summed E-state index contributed by atoms with van der Waals surface area (Å²) in [6.45, 7) is -2.82. The van der Waals surface area contributed by atoms with Crippen molar-refractivity contribution in [3.8, 4) is 11.5 Å². The van der Waals surface area contributed by atoms with Crippen LogP contribution in [0, 0.1) is 0 Å². The van der Waals surface area contributed by atoms with E-state index in [0.717, 1.165) is 11.1 Å². The Labute approximate surface area is 149 Å². The molecule has 2 aromatic rings. The van der Waals surface area contributed by atoms with Crippen LogP contribution in [-0.2, 0) is 19.4 Å². The van der Waals surface area contributed by atoms with E-state index >= 15 is 0 Å². The minimum absolute atomic E-state index is 0.0351. The van der Waals surface area contributed by atoms with E-state index in [1.54, 1.807) is 24.3 Å². The Morgan fingerprint density at radius 1 is 0.923 bits per heavy atom.